The summed E-state index contributed by atoms with van der Waals surface area (Å²) in [6.45, 7) is 4.46. The lowest BCUT2D eigenvalue weighted by Gasteiger charge is -2.31. The fraction of sp³-hybridized carbons (Fsp3) is 0.381. The molecular weight excluding hydrogens is 376 g/mol. The molecule has 0 atom stereocenters. The van der Waals surface area contributed by atoms with Crippen molar-refractivity contribution >= 4 is 21.6 Å². The van der Waals surface area contributed by atoms with Gasteiger partial charge in [0.15, 0.2) is 0 Å². The Morgan fingerprint density at radius 1 is 1.04 bits per heavy atom. The number of hydrogen-bond acceptors (Lipinski definition) is 4. The molecular formula is C21H26N2O4S. The number of nitrogens with zero attached hydrogens (tertiary/aromatic N) is 1. The van der Waals surface area contributed by atoms with Gasteiger partial charge in [0.05, 0.1) is 7.11 Å². The van der Waals surface area contributed by atoms with Crippen molar-refractivity contribution in [3.63, 3.8) is 0 Å². The van der Waals surface area contributed by atoms with Crippen LogP contribution < -0.4 is 10.1 Å². The number of anilines is 1. The minimum absolute atomic E-state index is 0.0611. The number of sulfonamides is 1. The number of rotatable bonds is 5. The van der Waals surface area contributed by atoms with Gasteiger partial charge in [0, 0.05) is 24.7 Å². The van der Waals surface area contributed by atoms with E-state index in [0.717, 1.165) is 16.8 Å². The van der Waals surface area contributed by atoms with Gasteiger partial charge in [-0.15, -0.1) is 0 Å². The lowest BCUT2D eigenvalue weighted by atomic mass is 9.97. The molecule has 28 heavy (non-hydrogen) atoms. The Morgan fingerprint density at radius 3 is 2.25 bits per heavy atom. The second-order valence-corrected chi connectivity index (χ2v) is 9.09. The van der Waals surface area contributed by atoms with Crippen molar-refractivity contribution in [2.75, 3.05) is 25.5 Å². The topological polar surface area (TPSA) is 75.7 Å². The molecule has 2 aromatic rings. The molecule has 0 radical (unpaired) electrons. The predicted molar refractivity (Wildman–Crippen MR) is 109 cm³/mol. The fourth-order valence-corrected chi connectivity index (χ4v) is 5.07. The summed E-state index contributed by atoms with van der Waals surface area (Å²) in [6.07, 6.45) is 0.982. The van der Waals surface area contributed by atoms with E-state index in [-0.39, 0.29) is 16.7 Å². The first-order valence-corrected chi connectivity index (χ1v) is 10.8. The monoisotopic (exact) mass is 402 g/mol. The van der Waals surface area contributed by atoms with Crippen LogP contribution in [-0.2, 0) is 14.8 Å². The van der Waals surface area contributed by atoms with Crippen LogP contribution in [-0.4, -0.2) is 38.8 Å². The molecule has 0 spiro atoms. The van der Waals surface area contributed by atoms with E-state index in [1.165, 1.54) is 11.4 Å². The molecule has 0 unspecified atom stereocenters. The average molecular weight is 403 g/mol. The zero-order chi connectivity index (χ0) is 20.3. The van der Waals surface area contributed by atoms with Gasteiger partial charge in [0.25, 0.3) is 0 Å². The van der Waals surface area contributed by atoms with Crippen molar-refractivity contribution < 1.29 is 17.9 Å². The Balaban J connectivity index is 1.67. The van der Waals surface area contributed by atoms with Gasteiger partial charge in [-0.05, 0) is 56.5 Å². The number of ether oxygens (including phenoxy) is 1. The smallest absolute Gasteiger partial charge is 0.246 e. The van der Waals surface area contributed by atoms with E-state index in [9.17, 15) is 13.2 Å². The van der Waals surface area contributed by atoms with Crippen LogP contribution in [0.15, 0.2) is 47.4 Å². The Bertz CT molecular complexity index is 947. The van der Waals surface area contributed by atoms with Crippen LogP contribution in [0.3, 0.4) is 0 Å². The van der Waals surface area contributed by atoms with Gasteiger partial charge >= 0.3 is 0 Å². The molecule has 0 saturated carbocycles. The summed E-state index contributed by atoms with van der Waals surface area (Å²) >= 11 is 0. The molecule has 1 aliphatic heterocycles. The second-order valence-electron chi connectivity index (χ2n) is 7.19. The first-order chi connectivity index (χ1) is 13.3. The Labute approximate surface area is 166 Å². The summed E-state index contributed by atoms with van der Waals surface area (Å²) in [5.41, 5.74) is 2.74. The van der Waals surface area contributed by atoms with Crippen molar-refractivity contribution in [3.05, 3.63) is 53.6 Å². The van der Waals surface area contributed by atoms with Gasteiger partial charge < -0.3 is 10.1 Å². The fourth-order valence-electron chi connectivity index (χ4n) is 3.36. The van der Waals surface area contributed by atoms with Crippen molar-refractivity contribution in [1.82, 2.24) is 4.31 Å². The van der Waals surface area contributed by atoms with E-state index in [2.05, 4.69) is 5.32 Å². The normalized spacial score (nSPS) is 16.0. The van der Waals surface area contributed by atoms with E-state index in [1.54, 1.807) is 12.1 Å². The SMILES string of the molecule is COc1ccc(C)cc1S(=O)(=O)N1CCC(C(=O)Nc2ccc(C)cc2)CC1. The van der Waals surface area contributed by atoms with Gasteiger partial charge in [-0.2, -0.15) is 4.31 Å². The van der Waals surface area contributed by atoms with Crippen LogP contribution in [0.1, 0.15) is 24.0 Å². The Hall–Kier alpha value is -2.38. The molecule has 1 heterocycles. The van der Waals surface area contributed by atoms with Crippen LogP contribution in [0.25, 0.3) is 0 Å². The van der Waals surface area contributed by atoms with E-state index >= 15 is 0 Å². The molecule has 0 aliphatic carbocycles. The van der Waals surface area contributed by atoms with Gasteiger partial charge in [-0.1, -0.05) is 23.8 Å². The highest BCUT2D eigenvalue weighted by atomic mass is 32.2. The summed E-state index contributed by atoms with van der Waals surface area (Å²) in [7, 11) is -2.20. The molecule has 0 aromatic heterocycles. The summed E-state index contributed by atoms with van der Waals surface area (Å²) < 4.78 is 32.8. The van der Waals surface area contributed by atoms with Crippen LogP contribution >= 0.6 is 0 Å². The summed E-state index contributed by atoms with van der Waals surface area (Å²) in [4.78, 5) is 12.7. The highest BCUT2D eigenvalue weighted by Gasteiger charge is 2.33. The van der Waals surface area contributed by atoms with Crippen molar-refractivity contribution in [2.24, 2.45) is 5.92 Å². The number of piperidine rings is 1. The van der Waals surface area contributed by atoms with E-state index in [1.807, 2.05) is 44.2 Å². The molecule has 1 amide bonds. The number of benzene rings is 2. The number of carbonyl (C=O) groups excluding carboxylic acids is 1. The molecule has 1 aliphatic rings. The molecule has 3 rings (SSSR count). The maximum Gasteiger partial charge on any atom is 0.246 e. The first-order valence-electron chi connectivity index (χ1n) is 9.33. The average Bonchev–Trinajstić information content (AvgIpc) is 2.69. The third kappa shape index (κ3) is 4.36. The zero-order valence-corrected chi connectivity index (χ0v) is 17.3. The first kappa shape index (κ1) is 20.4. The lowest BCUT2D eigenvalue weighted by molar-refractivity contribution is -0.120. The highest BCUT2D eigenvalue weighted by Crippen LogP contribution is 2.30. The summed E-state index contributed by atoms with van der Waals surface area (Å²) in [5, 5.41) is 2.92. The molecule has 6 nitrogen and oxygen atoms in total. The van der Waals surface area contributed by atoms with Gasteiger partial charge in [0.2, 0.25) is 15.9 Å². The summed E-state index contributed by atoms with van der Waals surface area (Å²) in [5.74, 6) is 0.0750. The number of hydrogen-bond donors (Lipinski definition) is 1. The number of methoxy groups -OCH3 is 1. The molecule has 7 heteroatoms. The van der Waals surface area contributed by atoms with Gasteiger partial charge in [0.1, 0.15) is 10.6 Å². The van der Waals surface area contributed by atoms with Gasteiger partial charge in [-0.3, -0.25) is 4.79 Å². The van der Waals surface area contributed by atoms with Crippen molar-refractivity contribution in [3.8, 4) is 5.75 Å². The molecule has 1 fully saturated rings. The maximum absolute atomic E-state index is 13.1. The molecule has 150 valence electrons. The maximum atomic E-state index is 13.1. The van der Waals surface area contributed by atoms with Crippen molar-refractivity contribution in [1.29, 1.82) is 0 Å². The van der Waals surface area contributed by atoms with E-state index in [4.69, 9.17) is 4.74 Å². The number of amides is 1. The largest absolute Gasteiger partial charge is 0.495 e. The number of nitrogens with one attached hydrogen (secondary N) is 1. The van der Waals surface area contributed by atoms with Crippen molar-refractivity contribution in [2.45, 2.75) is 31.6 Å². The standard InChI is InChI=1S/C21H26N2O4S/c1-15-4-7-18(8-5-15)22-21(24)17-10-12-23(13-11-17)28(25,26)20-14-16(2)6-9-19(20)27-3/h4-9,14,17H,10-13H2,1-3H3,(H,22,24). The molecule has 1 saturated heterocycles. The van der Waals surface area contributed by atoms with Crippen LogP contribution in [0.2, 0.25) is 0 Å². The third-order valence-corrected chi connectivity index (χ3v) is 7.00. The van der Waals surface area contributed by atoms with Gasteiger partial charge in [-0.25, -0.2) is 8.42 Å². The predicted octanol–water partition coefficient (Wildman–Crippen LogP) is 3.35. The second kappa shape index (κ2) is 8.32. The van der Waals surface area contributed by atoms with Crippen LogP contribution in [0.5, 0.6) is 5.75 Å². The Kier molecular flexibility index (Phi) is 6.05. The Morgan fingerprint density at radius 2 is 1.64 bits per heavy atom. The third-order valence-electron chi connectivity index (χ3n) is 5.08. The quantitative estimate of drug-likeness (QED) is 0.832. The van der Waals surface area contributed by atoms with E-state index in [0.29, 0.717) is 31.7 Å². The summed E-state index contributed by atoms with van der Waals surface area (Å²) in [6, 6.07) is 12.8. The zero-order valence-electron chi connectivity index (χ0n) is 16.4. The molecule has 0 bridgehead atoms. The van der Waals surface area contributed by atoms with E-state index < -0.39 is 10.0 Å². The molecule has 1 N–H and O–H groups in total. The number of aryl methyl sites for hydroxylation is 2. The molecule has 2 aromatic carbocycles. The van der Waals surface area contributed by atoms with Crippen LogP contribution in [0, 0.1) is 19.8 Å². The minimum atomic E-state index is -3.66. The minimum Gasteiger partial charge on any atom is -0.495 e. The highest BCUT2D eigenvalue weighted by molar-refractivity contribution is 7.89. The lowest BCUT2D eigenvalue weighted by Crippen LogP contribution is -2.41. The van der Waals surface area contributed by atoms with Crippen LogP contribution in [0.4, 0.5) is 5.69 Å². The number of carbonyl (C=O) groups is 1.